The summed E-state index contributed by atoms with van der Waals surface area (Å²) in [6.07, 6.45) is 3.84. The van der Waals surface area contributed by atoms with Crippen molar-refractivity contribution in [2.75, 3.05) is 13.1 Å². The molecule has 22 heavy (non-hydrogen) atoms. The van der Waals surface area contributed by atoms with Crippen molar-refractivity contribution in [3.05, 3.63) is 35.4 Å². The molecule has 0 aliphatic carbocycles. The van der Waals surface area contributed by atoms with E-state index in [-0.39, 0.29) is 11.9 Å². The molecule has 2 rings (SSSR count). The van der Waals surface area contributed by atoms with E-state index in [2.05, 4.69) is 55.7 Å². The molecule has 1 saturated heterocycles. The van der Waals surface area contributed by atoms with Crippen LogP contribution in [0.3, 0.4) is 0 Å². The highest BCUT2D eigenvalue weighted by Crippen LogP contribution is 2.24. The fourth-order valence-electron chi connectivity index (χ4n) is 3.28. The summed E-state index contributed by atoms with van der Waals surface area (Å²) < 4.78 is 0. The van der Waals surface area contributed by atoms with Gasteiger partial charge < -0.3 is 10.6 Å². The van der Waals surface area contributed by atoms with E-state index >= 15 is 0 Å². The zero-order valence-electron chi connectivity index (χ0n) is 14.2. The molecule has 1 heterocycles. The van der Waals surface area contributed by atoms with Crippen molar-refractivity contribution in [2.24, 2.45) is 11.8 Å². The molecule has 0 aromatic heterocycles. The summed E-state index contributed by atoms with van der Waals surface area (Å²) in [5, 5.41) is 6.63. The van der Waals surface area contributed by atoms with Gasteiger partial charge in [-0.1, -0.05) is 38.1 Å². The van der Waals surface area contributed by atoms with Gasteiger partial charge in [-0.25, -0.2) is 0 Å². The second-order valence-corrected chi connectivity index (χ2v) is 7.00. The Morgan fingerprint density at radius 2 is 2.14 bits per heavy atom. The van der Waals surface area contributed by atoms with Crippen LogP contribution < -0.4 is 10.6 Å². The highest BCUT2D eigenvalue weighted by Gasteiger charge is 2.20. The molecular formula is C19H30N2O. The third-order valence-corrected chi connectivity index (χ3v) is 4.55. The van der Waals surface area contributed by atoms with Crippen LogP contribution in [0, 0.1) is 18.8 Å². The third-order valence-electron chi connectivity index (χ3n) is 4.55. The van der Waals surface area contributed by atoms with Gasteiger partial charge in [0.25, 0.3) is 0 Å². The third kappa shape index (κ3) is 5.13. The Balaban J connectivity index is 1.94. The Labute approximate surface area is 134 Å². The number of hydrogen-bond donors (Lipinski definition) is 2. The SMILES string of the molecule is Cc1ccccc1C(CC(C)C)NC(=O)CCC1CCNC1. The minimum Gasteiger partial charge on any atom is -0.349 e. The van der Waals surface area contributed by atoms with Crippen molar-refractivity contribution in [1.82, 2.24) is 10.6 Å². The molecule has 1 aromatic rings. The maximum absolute atomic E-state index is 12.3. The van der Waals surface area contributed by atoms with E-state index in [1.165, 1.54) is 17.5 Å². The molecule has 0 spiro atoms. The van der Waals surface area contributed by atoms with Crippen LogP contribution in [0.1, 0.15) is 56.7 Å². The van der Waals surface area contributed by atoms with Crippen molar-refractivity contribution in [2.45, 2.75) is 52.5 Å². The van der Waals surface area contributed by atoms with Gasteiger partial charge in [0.05, 0.1) is 6.04 Å². The lowest BCUT2D eigenvalue weighted by atomic mass is 9.93. The number of carbonyl (C=O) groups is 1. The van der Waals surface area contributed by atoms with Crippen molar-refractivity contribution < 1.29 is 4.79 Å². The average Bonchev–Trinajstić information content (AvgIpc) is 2.98. The first-order valence-electron chi connectivity index (χ1n) is 8.62. The number of nitrogens with one attached hydrogen (secondary N) is 2. The molecule has 1 aliphatic heterocycles. The van der Waals surface area contributed by atoms with E-state index in [0.29, 0.717) is 18.3 Å². The number of rotatable bonds is 7. The molecule has 3 heteroatoms. The second-order valence-electron chi connectivity index (χ2n) is 7.00. The molecule has 122 valence electrons. The van der Waals surface area contributed by atoms with Crippen LogP contribution in [-0.2, 0) is 4.79 Å². The van der Waals surface area contributed by atoms with Gasteiger partial charge in [0.1, 0.15) is 0 Å². The van der Waals surface area contributed by atoms with Gasteiger partial charge in [-0.2, -0.15) is 0 Å². The molecule has 2 N–H and O–H groups in total. The van der Waals surface area contributed by atoms with Crippen molar-refractivity contribution >= 4 is 5.91 Å². The van der Waals surface area contributed by atoms with Gasteiger partial charge in [-0.05, 0) is 62.2 Å². The van der Waals surface area contributed by atoms with E-state index in [9.17, 15) is 4.79 Å². The van der Waals surface area contributed by atoms with Crippen molar-refractivity contribution in [3.8, 4) is 0 Å². The van der Waals surface area contributed by atoms with Crippen LogP contribution in [0.2, 0.25) is 0 Å². The molecular weight excluding hydrogens is 272 g/mol. The van der Waals surface area contributed by atoms with Gasteiger partial charge in [0, 0.05) is 6.42 Å². The number of amides is 1. The maximum atomic E-state index is 12.3. The molecule has 0 bridgehead atoms. The molecule has 0 saturated carbocycles. The molecule has 2 atom stereocenters. The number of aryl methyl sites for hydroxylation is 1. The normalized spacial score (nSPS) is 19.4. The largest absolute Gasteiger partial charge is 0.349 e. The first kappa shape index (κ1) is 17.0. The first-order valence-corrected chi connectivity index (χ1v) is 8.62. The smallest absolute Gasteiger partial charge is 0.220 e. The van der Waals surface area contributed by atoms with E-state index < -0.39 is 0 Å². The highest BCUT2D eigenvalue weighted by molar-refractivity contribution is 5.76. The second kappa shape index (κ2) is 8.33. The summed E-state index contributed by atoms with van der Waals surface area (Å²) >= 11 is 0. The van der Waals surface area contributed by atoms with E-state index in [1.54, 1.807) is 0 Å². The minimum atomic E-state index is 0.135. The first-order chi connectivity index (χ1) is 10.6. The fourth-order valence-corrected chi connectivity index (χ4v) is 3.28. The number of carbonyl (C=O) groups excluding carboxylic acids is 1. The minimum absolute atomic E-state index is 0.135. The quantitative estimate of drug-likeness (QED) is 0.808. The van der Waals surface area contributed by atoms with Crippen LogP contribution in [0.25, 0.3) is 0 Å². The Hall–Kier alpha value is -1.35. The van der Waals surface area contributed by atoms with Gasteiger partial charge in [-0.15, -0.1) is 0 Å². The maximum Gasteiger partial charge on any atom is 0.220 e. The van der Waals surface area contributed by atoms with Gasteiger partial charge in [-0.3, -0.25) is 4.79 Å². The van der Waals surface area contributed by atoms with Crippen LogP contribution in [-0.4, -0.2) is 19.0 Å². The molecule has 1 amide bonds. The van der Waals surface area contributed by atoms with E-state index in [0.717, 1.165) is 25.9 Å². The zero-order chi connectivity index (χ0) is 15.9. The summed E-state index contributed by atoms with van der Waals surface area (Å²) in [7, 11) is 0. The predicted octanol–water partition coefficient (Wildman–Crippen LogP) is 3.59. The average molecular weight is 302 g/mol. The van der Waals surface area contributed by atoms with Gasteiger partial charge >= 0.3 is 0 Å². The highest BCUT2D eigenvalue weighted by atomic mass is 16.1. The monoisotopic (exact) mass is 302 g/mol. The summed E-state index contributed by atoms with van der Waals surface area (Å²) in [6.45, 7) is 8.72. The molecule has 1 aromatic carbocycles. The standard InChI is InChI=1S/C19H30N2O/c1-14(2)12-18(17-7-5-4-6-15(17)3)21-19(22)9-8-16-10-11-20-13-16/h4-7,14,16,18,20H,8-13H2,1-3H3,(H,21,22). The zero-order valence-corrected chi connectivity index (χ0v) is 14.2. The van der Waals surface area contributed by atoms with Crippen molar-refractivity contribution in [1.29, 1.82) is 0 Å². The topological polar surface area (TPSA) is 41.1 Å². The van der Waals surface area contributed by atoms with E-state index in [4.69, 9.17) is 0 Å². The Bertz CT molecular complexity index is 478. The summed E-state index contributed by atoms with van der Waals surface area (Å²) in [5.41, 5.74) is 2.51. The number of benzene rings is 1. The molecule has 1 aliphatic rings. The summed E-state index contributed by atoms with van der Waals surface area (Å²) in [5.74, 6) is 1.43. The number of hydrogen-bond acceptors (Lipinski definition) is 2. The Morgan fingerprint density at radius 1 is 1.36 bits per heavy atom. The van der Waals surface area contributed by atoms with E-state index in [1.807, 2.05) is 0 Å². The Kier molecular flexibility index (Phi) is 6.44. The van der Waals surface area contributed by atoms with Crippen LogP contribution in [0.4, 0.5) is 0 Å². The lowest BCUT2D eigenvalue weighted by Gasteiger charge is -2.23. The van der Waals surface area contributed by atoms with Gasteiger partial charge in [0.15, 0.2) is 0 Å². The fraction of sp³-hybridized carbons (Fsp3) is 0.632. The molecule has 0 radical (unpaired) electrons. The lowest BCUT2D eigenvalue weighted by molar-refractivity contribution is -0.122. The summed E-state index contributed by atoms with van der Waals surface area (Å²) in [4.78, 5) is 12.3. The van der Waals surface area contributed by atoms with Crippen LogP contribution >= 0.6 is 0 Å². The van der Waals surface area contributed by atoms with Crippen LogP contribution in [0.15, 0.2) is 24.3 Å². The van der Waals surface area contributed by atoms with Gasteiger partial charge in [0.2, 0.25) is 5.91 Å². The molecule has 2 unspecified atom stereocenters. The van der Waals surface area contributed by atoms with Crippen molar-refractivity contribution in [3.63, 3.8) is 0 Å². The molecule has 3 nitrogen and oxygen atoms in total. The lowest BCUT2D eigenvalue weighted by Crippen LogP contribution is -2.30. The van der Waals surface area contributed by atoms with Crippen LogP contribution in [0.5, 0.6) is 0 Å². The molecule has 1 fully saturated rings. The predicted molar refractivity (Wildman–Crippen MR) is 91.7 cm³/mol. The Morgan fingerprint density at radius 3 is 2.77 bits per heavy atom. The summed E-state index contributed by atoms with van der Waals surface area (Å²) in [6, 6.07) is 8.52.